The van der Waals surface area contributed by atoms with Crippen LogP contribution in [0.1, 0.15) is 5.56 Å². The second kappa shape index (κ2) is 7.36. The predicted octanol–water partition coefficient (Wildman–Crippen LogP) is 2.02. The van der Waals surface area contributed by atoms with Crippen LogP contribution in [0.3, 0.4) is 0 Å². The van der Waals surface area contributed by atoms with Gasteiger partial charge < -0.3 is 14.5 Å². The maximum atomic E-state index is 14.1. The Balaban J connectivity index is 1.72. The zero-order valence-electron chi connectivity index (χ0n) is 13.3. The van der Waals surface area contributed by atoms with Crippen molar-refractivity contribution >= 4 is 23.5 Å². The fourth-order valence-electron chi connectivity index (χ4n) is 2.80. The number of nitrogens with zero attached hydrogens (tertiary/aromatic N) is 3. The average Bonchev–Trinajstić information content (AvgIpc) is 2.61. The van der Waals surface area contributed by atoms with E-state index in [2.05, 4.69) is 4.98 Å². The standard InChI is InChI=1S/C15H17F4N3O2S/c16-11-7-10(15(17,18)19)8-20-13(11)22-1-4-24-12(9-22)14(23)21-2-5-25-6-3-21/h7-8,12H,1-6,9H2. The molecular formula is C15H17F4N3O2S. The van der Waals surface area contributed by atoms with Gasteiger partial charge in [-0.1, -0.05) is 0 Å². The summed E-state index contributed by atoms with van der Waals surface area (Å²) >= 11 is 1.77. The smallest absolute Gasteiger partial charge is 0.365 e. The molecular weight excluding hydrogens is 362 g/mol. The van der Waals surface area contributed by atoms with Crippen molar-refractivity contribution in [1.82, 2.24) is 9.88 Å². The van der Waals surface area contributed by atoms with E-state index in [9.17, 15) is 22.4 Å². The maximum Gasteiger partial charge on any atom is 0.417 e. The number of carbonyl (C=O) groups excluding carboxylic acids is 1. The third kappa shape index (κ3) is 4.17. The van der Waals surface area contributed by atoms with Crippen LogP contribution in [0.25, 0.3) is 0 Å². The van der Waals surface area contributed by atoms with Gasteiger partial charge >= 0.3 is 6.18 Å². The molecule has 5 nitrogen and oxygen atoms in total. The van der Waals surface area contributed by atoms with E-state index >= 15 is 0 Å². The number of halogens is 4. The quantitative estimate of drug-likeness (QED) is 0.736. The van der Waals surface area contributed by atoms with Gasteiger partial charge in [0.15, 0.2) is 17.7 Å². The Bertz CT molecular complexity index is 638. The molecule has 1 aromatic heterocycles. The summed E-state index contributed by atoms with van der Waals surface area (Å²) in [5.41, 5.74) is -1.14. The number of hydrogen-bond donors (Lipinski definition) is 0. The number of amides is 1. The summed E-state index contributed by atoms with van der Waals surface area (Å²) in [5.74, 6) is 0.298. The van der Waals surface area contributed by atoms with Gasteiger partial charge in [0.25, 0.3) is 5.91 Å². The lowest BCUT2D eigenvalue weighted by atomic mass is 10.2. The normalized spacial score (nSPS) is 22.2. The van der Waals surface area contributed by atoms with Crippen molar-refractivity contribution in [1.29, 1.82) is 0 Å². The third-order valence-electron chi connectivity index (χ3n) is 4.11. The molecule has 2 saturated heterocycles. The van der Waals surface area contributed by atoms with Crippen molar-refractivity contribution in [2.75, 3.05) is 49.2 Å². The van der Waals surface area contributed by atoms with Gasteiger partial charge in [0.1, 0.15) is 0 Å². The lowest BCUT2D eigenvalue weighted by Crippen LogP contribution is -2.53. The van der Waals surface area contributed by atoms with E-state index in [0.29, 0.717) is 25.4 Å². The SMILES string of the molecule is O=C(C1CN(c2ncc(C(F)(F)F)cc2F)CCO1)N1CCSCC1. The Morgan fingerprint density at radius 2 is 2.00 bits per heavy atom. The van der Waals surface area contributed by atoms with Gasteiger partial charge in [-0.15, -0.1) is 0 Å². The third-order valence-corrected chi connectivity index (χ3v) is 5.06. The minimum absolute atomic E-state index is 0.0672. The summed E-state index contributed by atoms with van der Waals surface area (Å²) in [7, 11) is 0. The lowest BCUT2D eigenvalue weighted by Gasteiger charge is -2.36. The second-order valence-corrected chi connectivity index (χ2v) is 7.00. The number of aromatic nitrogens is 1. The number of pyridine rings is 1. The van der Waals surface area contributed by atoms with Crippen molar-refractivity contribution in [3.8, 4) is 0 Å². The molecule has 0 radical (unpaired) electrons. The molecule has 1 aromatic rings. The maximum absolute atomic E-state index is 14.1. The molecule has 2 aliphatic rings. The van der Waals surface area contributed by atoms with Crippen LogP contribution in [0.5, 0.6) is 0 Å². The number of carbonyl (C=O) groups is 1. The highest BCUT2D eigenvalue weighted by atomic mass is 32.2. The Labute approximate surface area is 146 Å². The van der Waals surface area contributed by atoms with E-state index in [-0.39, 0.29) is 31.4 Å². The molecule has 0 aromatic carbocycles. The molecule has 1 atom stereocenters. The second-order valence-electron chi connectivity index (χ2n) is 5.77. The highest BCUT2D eigenvalue weighted by molar-refractivity contribution is 7.99. The fourth-order valence-corrected chi connectivity index (χ4v) is 3.70. The number of thioether (sulfide) groups is 1. The topological polar surface area (TPSA) is 45.7 Å². The summed E-state index contributed by atoms with van der Waals surface area (Å²) in [6.45, 7) is 1.78. The van der Waals surface area contributed by atoms with E-state index in [0.717, 1.165) is 11.5 Å². The molecule has 10 heteroatoms. The van der Waals surface area contributed by atoms with Crippen molar-refractivity contribution in [3.05, 3.63) is 23.6 Å². The van der Waals surface area contributed by atoms with E-state index in [1.54, 1.807) is 16.7 Å². The van der Waals surface area contributed by atoms with Crippen LogP contribution in [0.15, 0.2) is 12.3 Å². The monoisotopic (exact) mass is 379 g/mol. The van der Waals surface area contributed by atoms with E-state index in [4.69, 9.17) is 4.74 Å². The molecule has 1 amide bonds. The van der Waals surface area contributed by atoms with E-state index in [1.807, 2.05) is 0 Å². The first-order valence-corrected chi connectivity index (χ1v) is 8.97. The number of morpholine rings is 1. The van der Waals surface area contributed by atoms with Crippen LogP contribution in [0.4, 0.5) is 23.4 Å². The molecule has 0 bridgehead atoms. The minimum atomic E-state index is -4.65. The fraction of sp³-hybridized carbons (Fsp3) is 0.600. The number of ether oxygens (including phenoxy) is 1. The first kappa shape index (κ1) is 18.2. The Morgan fingerprint density at radius 1 is 1.28 bits per heavy atom. The van der Waals surface area contributed by atoms with Gasteiger partial charge in [-0.05, 0) is 6.07 Å². The number of anilines is 1. The molecule has 0 saturated carbocycles. The Morgan fingerprint density at radius 3 is 2.64 bits per heavy atom. The van der Waals surface area contributed by atoms with Gasteiger partial charge in [-0.2, -0.15) is 24.9 Å². The van der Waals surface area contributed by atoms with E-state index in [1.165, 1.54) is 4.90 Å². The summed E-state index contributed by atoms with van der Waals surface area (Å²) in [6.07, 6.45) is -4.81. The molecule has 0 spiro atoms. The number of rotatable bonds is 2. The zero-order valence-corrected chi connectivity index (χ0v) is 14.1. The summed E-state index contributed by atoms with van der Waals surface area (Å²) < 4.78 is 57.5. The Kier molecular flexibility index (Phi) is 5.38. The van der Waals surface area contributed by atoms with Gasteiger partial charge in [0.05, 0.1) is 18.7 Å². The molecule has 3 rings (SSSR count). The predicted molar refractivity (Wildman–Crippen MR) is 85.1 cm³/mol. The first-order chi connectivity index (χ1) is 11.9. The van der Waals surface area contributed by atoms with E-state index < -0.39 is 23.7 Å². The molecule has 0 aliphatic carbocycles. The van der Waals surface area contributed by atoms with Crippen molar-refractivity contribution in [2.24, 2.45) is 0 Å². The first-order valence-electron chi connectivity index (χ1n) is 7.82. The zero-order chi connectivity index (χ0) is 18.0. The van der Waals surface area contributed by atoms with Crippen LogP contribution in [-0.2, 0) is 15.7 Å². The molecule has 2 aliphatic heterocycles. The molecule has 0 N–H and O–H groups in total. The minimum Gasteiger partial charge on any atom is -0.365 e. The van der Waals surface area contributed by atoms with Crippen LogP contribution >= 0.6 is 11.8 Å². The lowest BCUT2D eigenvalue weighted by molar-refractivity contribution is -0.144. The largest absolute Gasteiger partial charge is 0.417 e. The van der Waals surface area contributed by atoms with Gasteiger partial charge in [0.2, 0.25) is 0 Å². The molecule has 25 heavy (non-hydrogen) atoms. The van der Waals surface area contributed by atoms with Crippen LogP contribution in [0, 0.1) is 5.82 Å². The molecule has 138 valence electrons. The number of alkyl halides is 3. The summed E-state index contributed by atoms with van der Waals surface area (Å²) in [4.78, 5) is 19.3. The highest BCUT2D eigenvalue weighted by Crippen LogP contribution is 2.31. The number of hydrogen-bond acceptors (Lipinski definition) is 5. The van der Waals surface area contributed by atoms with Gasteiger partial charge in [-0.25, -0.2) is 9.37 Å². The highest BCUT2D eigenvalue weighted by Gasteiger charge is 2.35. The summed E-state index contributed by atoms with van der Waals surface area (Å²) in [5, 5.41) is 0. The molecule has 1 unspecified atom stereocenters. The Hall–Kier alpha value is -1.55. The van der Waals surface area contributed by atoms with Crippen LogP contribution in [0.2, 0.25) is 0 Å². The van der Waals surface area contributed by atoms with Crippen molar-refractivity contribution in [2.45, 2.75) is 12.3 Å². The van der Waals surface area contributed by atoms with Crippen molar-refractivity contribution in [3.63, 3.8) is 0 Å². The molecule has 2 fully saturated rings. The van der Waals surface area contributed by atoms with Gasteiger partial charge in [0, 0.05) is 37.3 Å². The van der Waals surface area contributed by atoms with Crippen molar-refractivity contribution < 1.29 is 27.1 Å². The molecule has 3 heterocycles. The summed E-state index contributed by atoms with van der Waals surface area (Å²) in [6, 6.07) is 0.427. The van der Waals surface area contributed by atoms with Crippen LogP contribution < -0.4 is 4.90 Å². The average molecular weight is 379 g/mol. The van der Waals surface area contributed by atoms with Gasteiger partial charge in [-0.3, -0.25) is 4.79 Å². The van der Waals surface area contributed by atoms with Crippen LogP contribution in [-0.4, -0.2) is 66.2 Å².